The van der Waals surface area contributed by atoms with E-state index in [0.717, 1.165) is 30.9 Å². The number of rotatable bonds is 14. The standard InChI is InChI=1S/C32H45BrN4O4S/c1-7-16-35(17-8-2)29(39)25-26-30(40)37(21(6)20-38)28(32(26)19-24(33)27(25)42-32)31(41)36(18-9-3)23-14-12-22(13-15-23)34(10-4)11-5/h7,9,12-15,21,24-28,38H,1,3,8,10-11,16-20H2,2,4-6H3/t21-,24?,25-,26+,27-,28?,32?/m1/s1. The van der Waals surface area contributed by atoms with E-state index in [4.69, 9.17) is 0 Å². The lowest BCUT2D eigenvalue weighted by Gasteiger charge is -2.39. The van der Waals surface area contributed by atoms with Gasteiger partial charge in [-0.25, -0.2) is 0 Å². The maximum atomic E-state index is 14.7. The summed E-state index contributed by atoms with van der Waals surface area (Å²) in [5.41, 5.74) is 1.80. The molecule has 1 spiro atoms. The molecule has 0 saturated carbocycles. The third kappa shape index (κ3) is 5.43. The molecule has 3 heterocycles. The Hall–Kier alpha value is -2.30. The van der Waals surface area contributed by atoms with Crippen LogP contribution in [0.25, 0.3) is 0 Å². The number of carbonyl (C=O) groups is 3. The Morgan fingerprint density at radius 1 is 1.12 bits per heavy atom. The molecule has 2 bridgehead atoms. The Balaban J connectivity index is 1.77. The van der Waals surface area contributed by atoms with E-state index in [1.54, 1.807) is 45.5 Å². The third-order valence-corrected chi connectivity index (χ3v) is 12.2. The summed E-state index contributed by atoms with van der Waals surface area (Å²) in [5, 5.41) is 10.1. The van der Waals surface area contributed by atoms with Crippen molar-refractivity contribution in [2.45, 2.75) is 67.4 Å². The van der Waals surface area contributed by atoms with Gasteiger partial charge >= 0.3 is 0 Å². The van der Waals surface area contributed by atoms with Crippen LogP contribution >= 0.6 is 27.7 Å². The number of aliphatic hydroxyl groups excluding tert-OH is 1. The highest BCUT2D eigenvalue weighted by Gasteiger charge is 2.76. The van der Waals surface area contributed by atoms with E-state index in [2.05, 4.69) is 47.8 Å². The van der Waals surface area contributed by atoms with Crippen LogP contribution in [0.1, 0.15) is 40.5 Å². The summed E-state index contributed by atoms with van der Waals surface area (Å²) in [6.45, 7) is 18.5. The highest BCUT2D eigenvalue weighted by atomic mass is 79.9. The first-order valence-electron chi connectivity index (χ1n) is 15.1. The van der Waals surface area contributed by atoms with Crippen LogP contribution < -0.4 is 9.80 Å². The van der Waals surface area contributed by atoms with Crippen LogP contribution in [0.3, 0.4) is 0 Å². The summed E-state index contributed by atoms with van der Waals surface area (Å²) in [6, 6.07) is 6.51. The van der Waals surface area contributed by atoms with Gasteiger partial charge in [0.1, 0.15) is 6.04 Å². The summed E-state index contributed by atoms with van der Waals surface area (Å²) in [4.78, 5) is 50.5. The second-order valence-electron chi connectivity index (χ2n) is 11.4. The zero-order valence-electron chi connectivity index (χ0n) is 25.2. The van der Waals surface area contributed by atoms with E-state index in [-0.39, 0.29) is 41.0 Å². The van der Waals surface area contributed by atoms with E-state index < -0.39 is 28.7 Å². The predicted octanol–water partition coefficient (Wildman–Crippen LogP) is 4.32. The number of hydrogen-bond acceptors (Lipinski definition) is 6. The van der Waals surface area contributed by atoms with Crippen LogP contribution in [0, 0.1) is 11.8 Å². The smallest absolute Gasteiger partial charge is 0.251 e. The van der Waals surface area contributed by atoms with Crippen LogP contribution in [0.5, 0.6) is 0 Å². The molecular weight excluding hydrogens is 616 g/mol. The molecule has 1 aromatic carbocycles. The number of nitrogens with zero attached hydrogens (tertiary/aromatic N) is 4. The summed E-state index contributed by atoms with van der Waals surface area (Å²) in [7, 11) is 0. The van der Waals surface area contributed by atoms with Crippen LogP contribution in [-0.4, -0.2) is 98.9 Å². The lowest BCUT2D eigenvalue weighted by molar-refractivity contribution is -0.145. The summed E-state index contributed by atoms with van der Waals surface area (Å²) < 4.78 is -0.788. The molecular formula is C32H45BrN4O4S. The Labute approximate surface area is 263 Å². The molecule has 0 radical (unpaired) electrons. The van der Waals surface area contributed by atoms with Gasteiger partial charge in [0.05, 0.1) is 29.2 Å². The first kappa shape index (κ1) is 32.6. The molecule has 7 atom stereocenters. The fourth-order valence-electron chi connectivity index (χ4n) is 7.15. The molecule has 3 saturated heterocycles. The number of halogens is 1. The van der Waals surface area contributed by atoms with Crippen LogP contribution in [0.4, 0.5) is 11.4 Å². The van der Waals surface area contributed by atoms with Gasteiger partial charge in [0.2, 0.25) is 11.8 Å². The molecule has 3 aliphatic heterocycles. The zero-order valence-corrected chi connectivity index (χ0v) is 27.6. The molecule has 230 valence electrons. The minimum atomic E-state index is -0.827. The second kappa shape index (κ2) is 13.6. The number of anilines is 2. The number of aliphatic hydroxyl groups is 1. The van der Waals surface area contributed by atoms with Crippen molar-refractivity contribution < 1.29 is 19.5 Å². The topological polar surface area (TPSA) is 84.4 Å². The quantitative estimate of drug-likeness (QED) is 0.236. The fraction of sp³-hybridized carbons (Fsp3) is 0.594. The lowest BCUT2D eigenvalue weighted by atomic mass is 9.70. The first-order chi connectivity index (χ1) is 20.1. The number of thioether (sulfide) groups is 1. The van der Waals surface area contributed by atoms with Crippen molar-refractivity contribution in [3.63, 3.8) is 0 Å². The van der Waals surface area contributed by atoms with Gasteiger partial charge < -0.3 is 24.7 Å². The highest BCUT2D eigenvalue weighted by molar-refractivity contribution is 9.09. The predicted molar refractivity (Wildman–Crippen MR) is 175 cm³/mol. The minimum Gasteiger partial charge on any atom is -0.394 e. The van der Waals surface area contributed by atoms with Gasteiger partial charge in [-0.3, -0.25) is 14.4 Å². The normalized spacial score (nSPS) is 28.4. The third-order valence-electron chi connectivity index (χ3n) is 9.01. The van der Waals surface area contributed by atoms with E-state index in [1.165, 1.54) is 0 Å². The van der Waals surface area contributed by atoms with Gasteiger partial charge in [-0.05, 0) is 57.9 Å². The van der Waals surface area contributed by atoms with Crippen molar-refractivity contribution in [3.8, 4) is 0 Å². The number of carbonyl (C=O) groups excluding carboxylic acids is 3. The van der Waals surface area contributed by atoms with Crippen molar-refractivity contribution in [1.82, 2.24) is 9.80 Å². The van der Waals surface area contributed by atoms with Gasteiger partial charge in [-0.1, -0.05) is 35.0 Å². The average molecular weight is 662 g/mol. The number of benzene rings is 1. The molecule has 1 aromatic rings. The molecule has 1 N–H and O–H groups in total. The molecule has 4 rings (SSSR count). The van der Waals surface area contributed by atoms with Crippen LogP contribution in [0.2, 0.25) is 0 Å². The number of alkyl halides is 1. The van der Waals surface area contributed by atoms with E-state index in [1.807, 2.05) is 31.2 Å². The van der Waals surface area contributed by atoms with Gasteiger partial charge in [-0.15, -0.1) is 24.9 Å². The van der Waals surface area contributed by atoms with Crippen molar-refractivity contribution >= 4 is 56.8 Å². The Kier molecular flexibility index (Phi) is 10.5. The van der Waals surface area contributed by atoms with Gasteiger partial charge in [0, 0.05) is 54.2 Å². The number of likely N-dealkylation sites (tertiary alicyclic amines) is 1. The Morgan fingerprint density at radius 2 is 1.74 bits per heavy atom. The van der Waals surface area contributed by atoms with E-state index >= 15 is 0 Å². The Bertz CT molecular complexity index is 1180. The molecule has 3 unspecified atom stereocenters. The maximum absolute atomic E-state index is 14.7. The van der Waals surface area contributed by atoms with Crippen LogP contribution in [-0.2, 0) is 14.4 Å². The summed E-state index contributed by atoms with van der Waals surface area (Å²) >= 11 is 5.46. The maximum Gasteiger partial charge on any atom is 0.251 e. The fourth-order valence-corrected chi connectivity index (χ4v) is 10.7. The van der Waals surface area contributed by atoms with Crippen molar-refractivity contribution in [2.75, 3.05) is 49.1 Å². The summed E-state index contributed by atoms with van der Waals surface area (Å²) in [6.07, 6.45) is 4.80. The van der Waals surface area contributed by atoms with Gasteiger partial charge in [0.15, 0.2) is 0 Å². The molecule has 42 heavy (non-hydrogen) atoms. The van der Waals surface area contributed by atoms with Crippen molar-refractivity contribution in [1.29, 1.82) is 0 Å². The Morgan fingerprint density at radius 3 is 2.29 bits per heavy atom. The molecule has 10 heteroatoms. The number of amides is 3. The van der Waals surface area contributed by atoms with Crippen molar-refractivity contribution in [3.05, 3.63) is 49.6 Å². The first-order valence-corrected chi connectivity index (χ1v) is 16.9. The average Bonchev–Trinajstić information content (AvgIpc) is 3.59. The molecule has 3 aliphatic rings. The lowest BCUT2D eigenvalue weighted by Crippen LogP contribution is -2.57. The second-order valence-corrected chi connectivity index (χ2v) is 14.2. The number of hydrogen-bond donors (Lipinski definition) is 1. The van der Waals surface area contributed by atoms with E-state index in [9.17, 15) is 19.5 Å². The number of fused-ring (bicyclic) bond motifs is 1. The summed E-state index contributed by atoms with van der Waals surface area (Å²) in [5.74, 6) is -1.68. The van der Waals surface area contributed by atoms with Crippen molar-refractivity contribution in [2.24, 2.45) is 11.8 Å². The SMILES string of the molecule is C=CCN(CCC)C(=O)[C@H]1[C@@H]2SC3(CC2Br)C(C(=O)N(CC=C)c2ccc(N(CC)CC)cc2)N([C@H](C)CO)C(=O)[C@H]13. The monoisotopic (exact) mass is 660 g/mol. The van der Waals surface area contributed by atoms with Gasteiger partial charge in [-0.2, -0.15) is 0 Å². The van der Waals surface area contributed by atoms with Gasteiger partial charge in [0.25, 0.3) is 5.91 Å². The van der Waals surface area contributed by atoms with E-state index in [0.29, 0.717) is 19.5 Å². The van der Waals surface area contributed by atoms with Crippen LogP contribution in [0.15, 0.2) is 49.6 Å². The molecule has 3 fully saturated rings. The zero-order chi connectivity index (χ0) is 30.8. The molecule has 8 nitrogen and oxygen atoms in total. The minimum absolute atomic E-state index is 0.0198. The molecule has 0 aromatic heterocycles. The molecule has 0 aliphatic carbocycles. The highest BCUT2D eigenvalue weighted by Crippen LogP contribution is 2.68. The molecule has 3 amide bonds. The largest absolute Gasteiger partial charge is 0.394 e.